The van der Waals surface area contributed by atoms with Gasteiger partial charge in [0.25, 0.3) is 5.69 Å². The standard InChI is InChI=1S/C13H17ClN2O2/c1-9(10-4-2-3-5-10)15-13-8-11(16(17)18)6-7-12(13)14/h6-10,15H,2-5H2,1H3. The maximum Gasteiger partial charge on any atom is 0.271 e. The first-order valence-electron chi connectivity index (χ1n) is 6.28. The average Bonchev–Trinajstić information content (AvgIpc) is 2.85. The molecule has 0 saturated heterocycles. The summed E-state index contributed by atoms with van der Waals surface area (Å²) in [5.74, 6) is 0.639. The van der Waals surface area contributed by atoms with Gasteiger partial charge in [0.2, 0.25) is 0 Å². The number of benzene rings is 1. The maximum absolute atomic E-state index is 10.7. The predicted octanol–water partition coefficient (Wildman–Crippen LogP) is 4.24. The van der Waals surface area contributed by atoms with Gasteiger partial charge in [-0.2, -0.15) is 0 Å². The normalized spacial score (nSPS) is 17.7. The molecule has 0 bridgehead atoms. The lowest BCUT2D eigenvalue weighted by atomic mass is 9.99. The summed E-state index contributed by atoms with van der Waals surface area (Å²) < 4.78 is 0. The molecule has 1 atom stereocenters. The first-order chi connectivity index (χ1) is 8.58. The van der Waals surface area contributed by atoms with E-state index in [9.17, 15) is 10.1 Å². The molecule has 0 aliphatic heterocycles. The maximum atomic E-state index is 10.7. The van der Waals surface area contributed by atoms with E-state index in [0.717, 1.165) is 0 Å². The Hall–Kier alpha value is -1.29. The van der Waals surface area contributed by atoms with Gasteiger partial charge in [0.05, 0.1) is 15.6 Å². The van der Waals surface area contributed by atoms with Crippen LogP contribution in [0.15, 0.2) is 18.2 Å². The fourth-order valence-corrected chi connectivity index (χ4v) is 2.73. The molecule has 1 saturated carbocycles. The Morgan fingerprint density at radius 1 is 1.44 bits per heavy atom. The quantitative estimate of drug-likeness (QED) is 0.656. The van der Waals surface area contributed by atoms with Crippen molar-refractivity contribution < 1.29 is 4.92 Å². The monoisotopic (exact) mass is 268 g/mol. The summed E-state index contributed by atoms with van der Waals surface area (Å²) in [5.41, 5.74) is 0.728. The number of hydrogen-bond donors (Lipinski definition) is 1. The highest BCUT2D eigenvalue weighted by Crippen LogP contribution is 2.32. The van der Waals surface area contributed by atoms with Crippen LogP contribution < -0.4 is 5.32 Å². The molecule has 18 heavy (non-hydrogen) atoms. The highest BCUT2D eigenvalue weighted by molar-refractivity contribution is 6.33. The molecule has 0 heterocycles. The van der Waals surface area contributed by atoms with Gasteiger partial charge in [-0.1, -0.05) is 24.4 Å². The van der Waals surface area contributed by atoms with Gasteiger partial charge in [-0.3, -0.25) is 10.1 Å². The molecule has 1 fully saturated rings. The van der Waals surface area contributed by atoms with Crippen molar-refractivity contribution in [2.45, 2.75) is 38.6 Å². The molecule has 4 nitrogen and oxygen atoms in total. The van der Waals surface area contributed by atoms with Crippen molar-refractivity contribution >= 4 is 23.0 Å². The van der Waals surface area contributed by atoms with Gasteiger partial charge in [-0.05, 0) is 31.7 Å². The van der Waals surface area contributed by atoms with E-state index in [2.05, 4.69) is 12.2 Å². The number of halogens is 1. The zero-order valence-corrected chi connectivity index (χ0v) is 11.1. The minimum atomic E-state index is -0.401. The fraction of sp³-hybridized carbons (Fsp3) is 0.538. The third-order valence-corrected chi connectivity index (χ3v) is 3.98. The zero-order valence-electron chi connectivity index (χ0n) is 10.4. The second kappa shape index (κ2) is 5.57. The van der Waals surface area contributed by atoms with E-state index in [-0.39, 0.29) is 5.69 Å². The van der Waals surface area contributed by atoms with Crippen LogP contribution in [0.5, 0.6) is 0 Å². The van der Waals surface area contributed by atoms with Crippen molar-refractivity contribution in [3.05, 3.63) is 33.3 Å². The molecule has 5 heteroatoms. The molecule has 1 N–H and O–H groups in total. The molecule has 1 aliphatic rings. The summed E-state index contributed by atoms with van der Waals surface area (Å²) >= 11 is 6.07. The van der Waals surface area contributed by atoms with E-state index in [1.54, 1.807) is 6.07 Å². The van der Waals surface area contributed by atoms with E-state index in [4.69, 9.17) is 11.6 Å². The van der Waals surface area contributed by atoms with Crippen LogP contribution >= 0.6 is 11.6 Å². The first kappa shape index (κ1) is 13.1. The second-order valence-corrected chi connectivity index (χ2v) is 5.31. The van der Waals surface area contributed by atoms with Crippen LogP contribution in [-0.2, 0) is 0 Å². The molecule has 2 rings (SSSR count). The summed E-state index contributed by atoms with van der Waals surface area (Å²) in [7, 11) is 0. The number of nitrogens with zero attached hydrogens (tertiary/aromatic N) is 1. The molecule has 0 spiro atoms. The van der Waals surface area contributed by atoms with Crippen molar-refractivity contribution in [2.24, 2.45) is 5.92 Å². The minimum absolute atomic E-state index is 0.0699. The summed E-state index contributed by atoms with van der Waals surface area (Å²) in [5, 5.41) is 14.6. The molecule has 1 unspecified atom stereocenters. The van der Waals surface area contributed by atoms with Gasteiger partial charge in [-0.25, -0.2) is 0 Å². The van der Waals surface area contributed by atoms with E-state index in [1.165, 1.54) is 37.8 Å². The van der Waals surface area contributed by atoms with Crippen LogP contribution in [-0.4, -0.2) is 11.0 Å². The van der Waals surface area contributed by atoms with E-state index in [1.807, 2.05) is 0 Å². The molecule has 98 valence electrons. The highest BCUT2D eigenvalue weighted by atomic mass is 35.5. The van der Waals surface area contributed by atoms with Crippen LogP contribution in [0, 0.1) is 16.0 Å². The third kappa shape index (κ3) is 2.93. The van der Waals surface area contributed by atoms with Crippen LogP contribution in [0.2, 0.25) is 5.02 Å². The summed E-state index contributed by atoms with van der Waals surface area (Å²) in [6, 6.07) is 4.80. The van der Waals surface area contributed by atoms with Crippen molar-refractivity contribution in [1.82, 2.24) is 0 Å². The van der Waals surface area contributed by atoms with Gasteiger partial charge in [0.15, 0.2) is 0 Å². The summed E-state index contributed by atoms with van der Waals surface area (Å²) in [6.07, 6.45) is 5.00. The lowest BCUT2D eigenvalue weighted by Gasteiger charge is -2.22. The number of anilines is 1. The van der Waals surface area contributed by atoms with Crippen LogP contribution in [0.1, 0.15) is 32.6 Å². The number of nitro groups is 1. The van der Waals surface area contributed by atoms with Crippen molar-refractivity contribution in [3.8, 4) is 0 Å². The topological polar surface area (TPSA) is 55.2 Å². The Labute approximate surface area is 111 Å². The van der Waals surface area contributed by atoms with E-state index in [0.29, 0.717) is 22.7 Å². The summed E-state index contributed by atoms with van der Waals surface area (Å²) in [4.78, 5) is 10.3. The molecule has 0 radical (unpaired) electrons. The zero-order chi connectivity index (χ0) is 13.1. The summed E-state index contributed by atoms with van der Waals surface area (Å²) in [6.45, 7) is 2.12. The van der Waals surface area contributed by atoms with Gasteiger partial charge < -0.3 is 5.32 Å². The number of hydrogen-bond acceptors (Lipinski definition) is 3. The molecule has 0 aromatic heterocycles. The lowest BCUT2D eigenvalue weighted by Crippen LogP contribution is -2.23. The molecule has 0 amide bonds. The van der Waals surface area contributed by atoms with Crippen LogP contribution in [0.25, 0.3) is 0 Å². The SMILES string of the molecule is CC(Nc1cc([N+](=O)[O-])ccc1Cl)C1CCCC1. The van der Waals surface area contributed by atoms with Crippen molar-refractivity contribution in [2.75, 3.05) is 5.32 Å². The molecular weight excluding hydrogens is 252 g/mol. The van der Waals surface area contributed by atoms with E-state index >= 15 is 0 Å². The number of nitrogens with one attached hydrogen (secondary N) is 1. The number of nitro benzene ring substituents is 1. The van der Waals surface area contributed by atoms with Gasteiger partial charge in [0, 0.05) is 18.2 Å². The first-order valence-corrected chi connectivity index (χ1v) is 6.66. The largest absolute Gasteiger partial charge is 0.381 e. The Morgan fingerprint density at radius 2 is 2.11 bits per heavy atom. The fourth-order valence-electron chi connectivity index (χ4n) is 2.56. The minimum Gasteiger partial charge on any atom is -0.381 e. The Bertz CT molecular complexity index is 445. The molecular formula is C13H17ClN2O2. The predicted molar refractivity (Wildman–Crippen MR) is 73.1 cm³/mol. The van der Waals surface area contributed by atoms with E-state index < -0.39 is 4.92 Å². The Kier molecular flexibility index (Phi) is 4.07. The molecule has 1 aromatic rings. The Morgan fingerprint density at radius 3 is 2.72 bits per heavy atom. The third-order valence-electron chi connectivity index (χ3n) is 3.65. The molecule has 1 aliphatic carbocycles. The van der Waals surface area contributed by atoms with Crippen molar-refractivity contribution in [3.63, 3.8) is 0 Å². The lowest BCUT2D eigenvalue weighted by molar-refractivity contribution is -0.384. The van der Waals surface area contributed by atoms with Gasteiger partial charge >= 0.3 is 0 Å². The average molecular weight is 269 g/mol. The van der Waals surface area contributed by atoms with Gasteiger partial charge in [0.1, 0.15) is 0 Å². The Balaban J connectivity index is 2.12. The van der Waals surface area contributed by atoms with Gasteiger partial charge in [-0.15, -0.1) is 0 Å². The smallest absolute Gasteiger partial charge is 0.271 e. The van der Waals surface area contributed by atoms with Crippen molar-refractivity contribution in [1.29, 1.82) is 0 Å². The molecule has 1 aromatic carbocycles. The number of non-ortho nitro benzene ring substituents is 1. The van der Waals surface area contributed by atoms with Crippen LogP contribution in [0.3, 0.4) is 0 Å². The second-order valence-electron chi connectivity index (χ2n) is 4.90. The van der Waals surface area contributed by atoms with Crippen LogP contribution in [0.4, 0.5) is 11.4 Å². The highest BCUT2D eigenvalue weighted by Gasteiger charge is 2.22. The number of rotatable bonds is 4.